The Morgan fingerprint density at radius 1 is 1.26 bits per heavy atom. The van der Waals surface area contributed by atoms with Crippen LogP contribution in [0.15, 0.2) is 63.7 Å². The number of thiophene rings is 2. The Kier molecular flexibility index (Phi) is 5.39. The van der Waals surface area contributed by atoms with Gasteiger partial charge in [-0.05, 0) is 29.6 Å². The summed E-state index contributed by atoms with van der Waals surface area (Å²) in [7, 11) is 0. The smallest absolute Gasteiger partial charge is 0.263 e. The molecule has 0 unspecified atom stereocenters. The van der Waals surface area contributed by atoms with Gasteiger partial charge in [-0.2, -0.15) is 0 Å². The van der Waals surface area contributed by atoms with E-state index in [2.05, 4.69) is 6.58 Å². The van der Waals surface area contributed by atoms with Gasteiger partial charge in [0.1, 0.15) is 4.83 Å². The number of aromatic nitrogens is 2. The van der Waals surface area contributed by atoms with E-state index in [4.69, 9.17) is 14.5 Å². The molecule has 0 spiro atoms. The van der Waals surface area contributed by atoms with E-state index in [-0.39, 0.29) is 23.9 Å². The number of benzene rings is 1. The molecule has 0 atom stereocenters. The van der Waals surface area contributed by atoms with Crippen molar-refractivity contribution in [3.63, 3.8) is 0 Å². The van der Waals surface area contributed by atoms with Gasteiger partial charge in [-0.3, -0.25) is 14.2 Å². The van der Waals surface area contributed by atoms with Gasteiger partial charge in [0, 0.05) is 27.9 Å². The first kappa shape index (κ1) is 20.0. The molecule has 0 fully saturated rings. The molecule has 5 rings (SSSR count). The van der Waals surface area contributed by atoms with Crippen LogP contribution in [-0.2, 0) is 6.54 Å². The molecule has 0 saturated heterocycles. The number of hydrogen-bond donors (Lipinski definition) is 0. The van der Waals surface area contributed by atoms with Crippen LogP contribution in [0.1, 0.15) is 10.4 Å². The number of ether oxygens (including phenoxy) is 2. The minimum Gasteiger partial charge on any atom is -0.454 e. The van der Waals surface area contributed by atoms with Crippen LogP contribution in [0.25, 0.3) is 20.7 Å². The van der Waals surface area contributed by atoms with Crippen molar-refractivity contribution in [2.45, 2.75) is 11.7 Å². The minimum absolute atomic E-state index is 0.0757. The largest absolute Gasteiger partial charge is 0.454 e. The van der Waals surface area contributed by atoms with Crippen LogP contribution in [-0.4, -0.2) is 27.9 Å². The third-order valence-electron chi connectivity index (χ3n) is 4.78. The number of nitrogens with zero attached hydrogens (tertiary/aromatic N) is 2. The summed E-state index contributed by atoms with van der Waals surface area (Å²) in [5.74, 6) is 1.28. The van der Waals surface area contributed by atoms with E-state index in [1.165, 1.54) is 23.1 Å². The Morgan fingerprint density at radius 3 is 2.94 bits per heavy atom. The monoisotopic (exact) mass is 468 g/mol. The van der Waals surface area contributed by atoms with E-state index >= 15 is 0 Å². The van der Waals surface area contributed by atoms with Gasteiger partial charge in [0.15, 0.2) is 22.4 Å². The normalized spacial score (nSPS) is 12.4. The molecule has 9 heteroatoms. The molecule has 31 heavy (non-hydrogen) atoms. The summed E-state index contributed by atoms with van der Waals surface area (Å²) in [6.07, 6.45) is 1.66. The highest BCUT2D eigenvalue weighted by atomic mass is 32.2. The van der Waals surface area contributed by atoms with Crippen molar-refractivity contribution in [3.05, 3.63) is 69.7 Å². The molecule has 1 aliphatic rings. The molecule has 3 aromatic heterocycles. The van der Waals surface area contributed by atoms with Crippen molar-refractivity contribution >= 4 is 50.4 Å². The number of rotatable bonds is 7. The Hall–Kier alpha value is -2.88. The van der Waals surface area contributed by atoms with Gasteiger partial charge in [-0.1, -0.05) is 23.9 Å². The average Bonchev–Trinajstić information content (AvgIpc) is 3.53. The SMILES string of the molecule is C=CCn1c(SCC(=O)c2ccc3c(c2)OCO3)nc2scc(-c3cccs3)c2c1=O. The lowest BCUT2D eigenvalue weighted by Gasteiger charge is -2.10. The lowest BCUT2D eigenvalue weighted by Crippen LogP contribution is -2.23. The van der Waals surface area contributed by atoms with Gasteiger partial charge in [0.25, 0.3) is 5.56 Å². The highest BCUT2D eigenvalue weighted by Crippen LogP contribution is 2.35. The first-order valence-corrected chi connectivity index (χ1v) is 12.1. The zero-order valence-electron chi connectivity index (χ0n) is 16.2. The van der Waals surface area contributed by atoms with Gasteiger partial charge < -0.3 is 9.47 Å². The summed E-state index contributed by atoms with van der Waals surface area (Å²) in [6, 6.07) is 9.10. The lowest BCUT2D eigenvalue weighted by molar-refractivity contribution is 0.102. The fourth-order valence-corrected chi connectivity index (χ4v) is 6.01. The maximum atomic E-state index is 13.3. The summed E-state index contributed by atoms with van der Waals surface area (Å²) in [5, 5.41) is 5.07. The minimum atomic E-state index is -0.118. The van der Waals surface area contributed by atoms with Crippen LogP contribution >= 0.6 is 34.4 Å². The maximum Gasteiger partial charge on any atom is 0.263 e. The molecule has 0 saturated carbocycles. The fourth-order valence-electron chi connectivity index (χ4n) is 3.30. The molecule has 0 N–H and O–H groups in total. The second kappa shape index (κ2) is 8.33. The molecule has 0 aliphatic carbocycles. The fraction of sp³-hybridized carbons (Fsp3) is 0.136. The molecule has 0 bridgehead atoms. The van der Waals surface area contributed by atoms with E-state index in [1.54, 1.807) is 40.2 Å². The van der Waals surface area contributed by atoms with Gasteiger partial charge >= 0.3 is 0 Å². The van der Waals surface area contributed by atoms with Crippen molar-refractivity contribution < 1.29 is 14.3 Å². The first-order chi connectivity index (χ1) is 15.2. The molecule has 1 aliphatic heterocycles. The highest BCUT2D eigenvalue weighted by Gasteiger charge is 2.20. The number of carbonyl (C=O) groups is 1. The van der Waals surface area contributed by atoms with Crippen LogP contribution in [0.5, 0.6) is 11.5 Å². The molecule has 156 valence electrons. The van der Waals surface area contributed by atoms with Crippen LogP contribution in [0.2, 0.25) is 0 Å². The van der Waals surface area contributed by atoms with Gasteiger partial charge in [-0.15, -0.1) is 29.3 Å². The van der Waals surface area contributed by atoms with Crippen molar-refractivity contribution in [1.82, 2.24) is 9.55 Å². The predicted octanol–water partition coefficient (Wildman–Crippen LogP) is 5.08. The molecule has 4 heterocycles. The average molecular weight is 469 g/mol. The van der Waals surface area contributed by atoms with Crippen LogP contribution < -0.4 is 15.0 Å². The van der Waals surface area contributed by atoms with E-state index in [0.29, 0.717) is 39.0 Å². The lowest BCUT2D eigenvalue weighted by atomic mass is 10.1. The molecule has 4 aromatic rings. The zero-order chi connectivity index (χ0) is 21.4. The number of ketones is 1. The Bertz CT molecular complexity index is 1360. The van der Waals surface area contributed by atoms with Crippen LogP contribution in [0, 0.1) is 0 Å². The third-order valence-corrected chi connectivity index (χ3v) is 7.54. The van der Waals surface area contributed by atoms with Crippen molar-refractivity contribution in [2.75, 3.05) is 12.5 Å². The molecular formula is C22H16N2O4S3. The summed E-state index contributed by atoms with van der Waals surface area (Å²) in [4.78, 5) is 32.5. The number of Topliss-reactive ketones (excluding diaryl/α,β-unsaturated/α-hetero) is 1. The van der Waals surface area contributed by atoms with E-state index in [1.807, 2.05) is 22.9 Å². The van der Waals surface area contributed by atoms with Gasteiger partial charge in [0.2, 0.25) is 6.79 Å². The summed E-state index contributed by atoms with van der Waals surface area (Å²) < 4.78 is 12.2. The van der Waals surface area contributed by atoms with E-state index in [9.17, 15) is 9.59 Å². The van der Waals surface area contributed by atoms with Crippen molar-refractivity contribution in [1.29, 1.82) is 0 Å². The van der Waals surface area contributed by atoms with Gasteiger partial charge in [-0.25, -0.2) is 4.98 Å². The zero-order valence-corrected chi connectivity index (χ0v) is 18.6. The third kappa shape index (κ3) is 3.69. The molecular weight excluding hydrogens is 452 g/mol. The van der Waals surface area contributed by atoms with E-state index in [0.717, 1.165) is 10.4 Å². The van der Waals surface area contributed by atoms with Gasteiger partial charge in [0.05, 0.1) is 11.1 Å². The highest BCUT2D eigenvalue weighted by molar-refractivity contribution is 7.99. The van der Waals surface area contributed by atoms with E-state index < -0.39 is 0 Å². The maximum absolute atomic E-state index is 13.3. The second-order valence-electron chi connectivity index (χ2n) is 6.69. The summed E-state index contributed by atoms with van der Waals surface area (Å²) >= 11 is 4.28. The molecule has 1 aromatic carbocycles. The number of carbonyl (C=O) groups excluding carboxylic acids is 1. The number of hydrogen-bond acceptors (Lipinski definition) is 8. The van der Waals surface area contributed by atoms with Crippen molar-refractivity contribution in [3.8, 4) is 21.9 Å². The van der Waals surface area contributed by atoms with Crippen molar-refractivity contribution in [2.24, 2.45) is 0 Å². The second-order valence-corrected chi connectivity index (χ2v) is 9.43. The Balaban J connectivity index is 1.46. The topological polar surface area (TPSA) is 70.4 Å². The van der Waals surface area contributed by atoms with Crippen LogP contribution in [0.3, 0.4) is 0 Å². The standard InChI is InChI=1S/C22H16N2O4S3/c1-2-7-24-21(26)19-14(18-4-3-8-29-18)10-30-20(19)23-22(24)31-11-15(25)13-5-6-16-17(9-13)28-12-27-16/h2-6,8-10H,1,7,11-12H2. The quantitative estimate of drug-likeness (QED) is 0.163. The Labute approximate surface area is 189 Å². The summed E-state index contributed by atoms with van der Waals surface area (Å²) in [6.45, 7) is 4.25. The van der Waals surface area contributed by atoms with Crippen LogP contribution in [0.4, 0.5) is 0 Å². The number of fused-ring (bicyclic) bond motifs is 2. The predicted molar refractivity (Wildman–Crippen MR) is 125 cm³/mol. The number of allylic oxidation sites excluding steroid dienone is 1. The Morgan fingerprint density at radius 2 is 2.13 bits per heavy atom. The molecule has 0 amide bonds. The number of thioether (sulfide) groups is 1. The summed E-state index contributed by atoms with van der Waals surface area (Å²) in [5.41, 5.74) is 1.32. The molecule has 0 radical (unpaired) electrons. The molecule has 6 nitrogen and oxygen atoms in total. The first-order valence-electron chi connectivity index (χ1n) is 9.38.